The van der Waals surface area contributed by atoms with Gasteiger partial charge in [0.2, 0.25) is 5.95 Å². The van der Waals surface area contributed by atoms with E-state index in [2.05, 4.69) is 14.9 Å². The molecular formula is C10H15N5O3. The van der Waals surface area contributed by atoms with E-state index in [1.807, 2.05) is 7.05 Å². The third-order valence-electron chi connectivity index (χ3n) is 2.80. The first-order chi connectivity index (χ1) is 8.58. The van der Waals surface area contributed by atoms with Crippen LogP contribution in [-0.2, 0) is 0 Å². The summed E-state index contributed by atoms with van der Waals surface area (Å²) in [5.41, 5.74) is 5.12. The molecule has 0 radical (unpaired) electrons. The van der Waals surface area contributed by atoms with Gasteiger partial charge in [-0.25, -0.2) is 4.98 Å². The smallest absolute Gasteiger partial charge is 0.349 e. The molecule has 0 saturated heterocycles. The highest BCUT2D eigenvalue weighted by molar-refractivity contribution is 5.41. The number of hydrogen-bond donors (Lipinski definition) is 1. The van der Waals surface area contributed by atoms with Crippen molar-refractivity contribution < 1.29 is 9.66 Å². The second kappa shape index (κ2) is 5.13. The van der Waals surface area contributed by atoms with E-state index in [1.54, 1.807) is 0 Å². The lowest BCUT2D eigenvalue weighted by atomic mass is 10.5. The normalized spacial score (nSPS) is 14.8. The van der Waals surface area contributed by atoms with Gasteiger partial charge in [0.25, 0.3) is 5.88 Å². The molecule has 98 valence electrons. The highest BCUT2D eigenvalue weighted by Gasteiger charge is 2.26. The molecule has 0 aromatic carbocycles. The molecule has 0 amide bonds. The Bertz CT molecular complexity index is 449. The number of nitrogens with two attached hydrogens (primary N) is 1. The predicted octanol–water partition coefficient (Wildman–Crippen LogP) is 0.440. The Morgan fingerprint density at radius 3 is 3.00 bits per heavy atom. The van der Waals surface area contributed by atoms with Crippen LogP contribution in [0.5, 0.6) is 5.88 Å². The average molecular weight is 253 g/mol. The summed E-state index contributed by atoms with van der Waals surface area (Å²) in [4.78, 5) is 19.6. The van der Waals surface area contributed by atoms with Crippen LogP contribution in [0.4, 0.5) is 11.6 Å². The van der Waals surface area contributed by atoms with Crippen LogP contribution in [0.15, 0.2) is 6.20 Å². The summed E-state index contributed by atoms with van der Waals surface area (Å²) in [5, 5.41) is 10.7. The molecule has 0 bridgehead atoms. The molecule has 2 N–H and O–H groups in total. The monoisotopic (exact) mass is 253 g/mol. The zero-order chi connectivity index (χ0) is 13.1. The highest BCUT2D eigenvalue weighted by Crippen LogP contribution is 2.26. The Kier molecular flexibility index (Phi) is 3.56. The van der Waals surface area contributed by atoms with Gasteiger partial charge in [-0.1, -0.05) is 0 Å². The van der Waals surface area contributed by atoms with Gasteiger partial charge in [-0.2, -0.15) is 4.98 Å². The number of rotatable bonds is 6. The SMILES string of the molecule is CN(CCOc1nc(N)ncc1[N+](=O)[O-])C1CC1. The fourth-order valence-electron chi connectivity index (χ4n) is 1.59. The first-order valence-electron chi connectivity index (χ1n) is 5.68. The van der Waals surface area contributed by atoms with Crippen molar-refractivity contribution >= 4 is 11.6 Å². The number of anilines is 1. The van der Waals surface area contributed by atoms with Gasteiger partial charge >= 0.3 is 5.69 Å². The predicted molar refractivity (Wildman–Crippen MR) is 64.2 cm³/mol. The number of nitrogen functional groups attached to an aromatic ring is 1. The largest absolute Gasteiger partial charge is 0.471 e. The number of nitro groups is 1. The molecule has 1 aromatic heterocycles. The molecule has 1 aliphatic carbocycles. The Hall–Kier alpha value is -1.96. The zero-order valence-corrected chi connectivity index (χ0v) is 10.1. The lowest BCUT2D eigenvalue weighted by Gasteiger charge is -2.15. The summed E-state index contributed by atoms with van der Waals surface area (Å²) in [6, 6.07) is 0.624. The van der Waals surface area contributed by atoms with Crippen LogP contribution in [0, 0.1) is 10.1 Å². The van der Waals surface area contributed by atoms with Crippen molar-refractivity contribution in [1.29, 1.82) is 0 Å². The summed E-state index contributed by atoms with van der Waals surface area (Å²) in [7, 11) is 2.00. The first-order valence-corrected chi connectivity index (χ1v) is 5.68. The van der Waals surface area contributed by atoms with Crippen LogP contribution in [-0.4, -0.2) is 46.0 Å². The standard InChI is InChI=1S/C10H15N5O3/c1-14(7-2-3-7)4-5-18-9-8(15(16)17)6-12-10(11)13-9/h6-7H,2-5H2,1H3,(H2,11,12,13). The summed E-state index contributed by atoms with van der Waals surface area (Å²) in [6.45, 7) is 1.04. The van der Waals surface area contributed by atoms with Crippen molar-refractivity contribution in [1.82, 2.24) is 14.9 Å². The minimum absolute atomic E-state index is 0.0360. The lowest BCUT2D eigenvalue weighted by Crippen LogP contribution is -2.26. The third kappa shape index (κ3) is 3.04. The summed E-state index contributed by atoms with van der Waals surface area (Å²) >= 11 is 0. The van der Waals surface area contributed by atoms with Gasteiger partial charge in [-0.05, 0) is 19.9 Å². The maximum absolute atomic E-state index is 10.7. The number of likely N-dealkylation sites (N-methyl/N-ethyl adjacent to an activating group) is 1. The molecule has 0 unspecified atom stereocenters. The average Bonchev–Trinajstić information content (AvgIpc) is 3.12. The van der Waals surface area contributed by atoms with Gasteiger partial charge in [0, 0.05) is 12.6 Å². The number of ether oxygens (including phenoxy) is 1. The van der Waals surface area contributed by atoms with E-state index in [-0.39, 0.29) is 17.5 Å². The molecule has 0 atom stereocenters. The van der Waals surface area contributed by atoms with Gasteiger partial charge in [0.05, 0.1) is 4.92 Å². The minimum atomic E-state index is -0.584. The van der Waals surface area contributed by atoms with Crippen molar-refractivity contribution in [3.05, 3.63) is 16.3 Å². The van der Waals surface area contributed by atoms with Gasteiger partial charge in [-0.3, -0.25) is 10.1 Å². The zero-order valence-electron chi connectivity index (χ0n) is 10.1. The number of hydrogen-bond acceptors (Lipinski definition) is 7. The fourth-order valence-corrected chi connectivity index (χ4v) is 1.59. The number of nitrogens with zero attached hydrogens (tertiary/aromatic N) is 4. The maximum Gasteiger partial charge on any atom is 0.349 e. The number of aromatic nitrogens is 2. The summed E-state index contributed by atoms with van der Waals surface area (Å²) in [6.07, 6.45) is 3.47. The van der Waals surface area contributed by atoms with E-state index in [1.165, 1.54) is 12.8 Å². The van der Waals surface area contributed by atoms with E-state index in [0.29, 0.717) is 19.2 Å². The second-order valence-corrected chi connectivity index (χ2v) is 4.24. The maximum atomic E-state index is 10.7. The third-order valence-corrected chi connectivity index (χ3v) is 2.80. The van der Waals surface area contributed by atoms with Gasteiger partial charge in [0.1, 0.15) is 12.8 Å². The minimum Gasteiger partial charge on any atom is -0.471 e. The summed E-state index contributed by atoms with van der Waals surface area (Å²) in [5.74, 6) is -0.108. The molecule has 1 fully saturated rings. The molecule has 1 aromatic rings. The van der Waals surface area contributed by atoms with E-state index >= 15 is 0 Å². The Labute approximate surface area is 104 Å². The van der Waals surface area contributed by atoms with Crippen LogP contribution >= 0.6 is 0 Å². The fraction of sp³-hybridized carbons (Fsp3) is 0.600. The van der Waals surface area contributed by atoms with E-state index < -0.39 is 4.92 Å². The van der Waals surface area contributed by atoms with E-state index in [9.17, 15) is 10.1 Å². The van der Waals surface area contributed by atoms with Crippen LogP contribution in [0.25, 0.3) is 0 Å². The van der Waals surface area contributed by atoms with Crippen LogP contribution in [0.1, 0.15) is 12.8 Å². The molecular weight excluding hydrogens is 238 g/mol. The van der Waals surface area contributed by atoms with Crippen LogP contribution < -0.4 is 10.5 Å². The van der Waals surface area contributed by atoms with Crippen molar-refractivity contribution in [2.24, 2.45) is 0 Å². The quantitative estimate of drug-likeness (QED) is 0.578. The molecule has 1 aliphatic rings. The molecule has 8 heteroatoms. The molecule has 1 saturated carbocycles. The first kappa shape index (κ1) is 12.5. The van der Waals surface area contributed by atoms with Gasteiger partial charge in [-0.15, -0.1) is 0 Å². The topological polar surface area (TPSA) is 107 Å². The molecule has 0 aliphatic heterocycles. The van der Waals surface area contributed by atoms with Gasteiger partial charge in [0.15, 0.2) is 0 Å². The van der Waals surface area contributed by atoms with Crippen molar-refractivity contribution in [3.8, 4) is 5.88 Å². The van der Waals surface area contributed by atoms with Gasteiger partial charge < -0.3 is 15.4 Å². The lowest BCUT2D eigenvalue weighted by molar-refractivity contribution is -0.386. The Balaban J connectivity index is 1.94. The van der Waals surface area contributed by atoms with E-state index in [4.69, 9.17) is 10.5 Å². The Morgan fingerprint density at radius 2 is 2.39 bits per heavy atom. The van der Waals surface area contributed by atoms with Crippen molar-refractivity contribution in [3.63, 3.8) is 0 Å². The molecule has 2 rings (SSSR count). The van der Waals surface area contributed by atoms with Crippen LogP contribution in [0.2, 0.25) is 0 Å². The van der Waals surface area contributed by atoms with Crippen molar-refractivity contribution in [2.45, 2.75) is 18.9 Å². The van der Waals surface area contributed by atoms with E-state index in [0.717, 1.165) is 6.20 Å². The molecule has 8 nitrogen and oxygen atoms in total. The van der Waals surface area contributed by atoms with Crippen molar-refractivity contribution in [2.75, 3.05) is 25.9 Å². The summed E-state index contributed by atoms with van der Waals surface area (Å²) < 4.78 is 5.31. The highest BCUT2D eigenvalue weighted by atomic mass is 16.6. The molecule has 18 heavy (non-hydrogen) atoms. The second-order valence-electron chi connectivity index (χ2n) is 4.24. The van der Waals surface area contributed by atoms with Crippen LogP contribution in [0.3, 0.4) is 0 Å². The Morgan fingerprint density at radius 1 is 1.67 bits per heavy atom. The molecule has 0 spiro atoms. The molecule has 1 heterocycles.